The number of carbonyl (C=O) groups excluding carboxylic acids is 2. The van der Waals surface area contributed by atoms with E-state index in [1.54, 1.807) is 17.0 Å². The number of likely N-dealkylation sites (tertiary alicyclic amines) is 1. The van der Waals surface area contributed by atoms with Gasteiger partial charge in [-0.2, -0.15) is 0 Å². The highest BCUT2D eigenvalue weighted by Gasteiger charge is 2.51. The molecule has 2 bridgehead atoms. The van der Waals surface area contributed by atoms with Crippen LogP contribution in [0.3, 0.4) is 0 Å². The summed E-state index contributed by atoms with van der Waals surface area (Å²) in [5.41, 5.74) is 0.799. The summed E-state index contributed by atoms with van der Waals surface area (Å²) in [6.07, 6.45) is 6.16. The molecule has 1 aromatic heterocycles. The van der Waals surface area contributed by atoms with Crippen molar-refractivity contribution in [3.63, 3.8) is 0 Å². The van der Waals surface area contributed by atoms with Crippen LogP contribution >= 0.6 is 0 Å². The molecular formula is C27H35N3O3. The van der Waals surface area contributed by atoms with E-state index in [1.807, 2.05) is 49.1 Å². The first-order chi connectivity index (χ1) is 15.5. The van der Waals surface area contributed by atoms with Gasteiger partial charge in [-0.3, -0.25) is 14.4 Å². The number of hydrogen-bond donors (Lipinski definition) is 1. The van der Waals surface area contributed by atoms with Crippen molar-refractivity contribution in [3.8, 4) is 0 Å². The lowest BCUT2D eigenvalue weighted by Gasteiger charge is -2.39. The second-order valence-corrected chi connectivity index (χ2v) is 11.3. The Bertz CT molecular complexity index is 1120. The van der Waals surface area contributed by atoms with E-state index in [9.17, 15) is 14.4 Å². The molecule has 1 saturated heterocycles. The molecule has 2 aromatic rings. The molecular weight excluding hydrogens is 414 g/mol. The Balaban J connectivity index is 1.64. The third-order valence-electron chi connectivity index (χ3n) is 7.09. The van der Waals surface area contributed by atoms with Gasteiger partial charge in [0.05, 0.1) is 0 Å². The fraction of sp³-hybridized carbons (Fsp3) is 0.519. The average Bonchev–Trinajstić information content (AvgIpc) is 3.00. The molecule has 2 fully saturated rings. The fourth-order valence-corrected chi connectivity index (χ4v) is 5.94. The van der Waals surface area contributed by atoms with Crippen molar-refractivity contribution in [2.24, 2.45) is 10.8 Å². The Morgan fingerprint density at radius 2 is 1.73 bits per heavy atom. The minimum atomic E-state index is -0.492. The normalized spacial score (nSPS) is 23.6. The summed E-state index contributed by atoms with van der Waals surface area (Å²) in [7, 11) is 0. The van der Waals surface area contributed by atoms with Crippen molar-refractivity contribution >= 4 is 11.8 Å². The van der Waals surface area contributed by atoms with Crippen molar-refractivity contribution in [2.45, 2.75) is 72.5 Å². The molecule has 0 radical (unpaired) electrons. The molecule has 0 unspecified atom stereocenters. The molecule has 2 aliphatic rings. The van der Waals surface area contributed by atoms with Crippen molar-refractivity contribution in [1.82, 2.24) is 14.8 Å². The van der Waals surface area contributed by atoms with Gasteiger partial charge in [0.25, 0.3) is 11.8 Å². The van der Waals surface area contributed by atoms with E-state index in [0.717, 1.165) is 24.8 Å². The van der Waals surface area contributed by atoms with Gasteiger partial charge in [0.1, 0.15) is 11.1 Å². The maximum absolute atomic E-state index is 13.7. The Morgan fingerprint density at radius 1 is 1.06 bits per heavy atom. The molecule has 0 spiro atoms. The molecule has 1 N–H and O–H groups in total. The molecule has 176 valence electrons. The van der Waals surface area contributed by atoms with Crippen LogP contribution in [0.4, 0.5) is 0 Å². The summed E-state index contributed by atoms with van der Waals surface area (Å²) < 4.78 is 1.79. The van der Waals surface area contributed by atoms with Crippen LogP contribution in [0, 0.1) is 10.8 Å². The third-order valence-corrected chi connectivity index (χ3v) is 7.09. The number of benzene rings is 1. The van der Waals surface area contributed by atoms with E-state index in [-0.39, 0.29) is 39.9 Å². The van der Waals surface area contributed by atoms with Crippen LogP contribution in [0.1, 0.15) is 86.2 Å². The number of carbonyl (C=O) groups is 2. The SMILES string of the molecule is CC(C)n1cc(C(=O)NCc2ccccc2)c(=O)c(C(=O)N2C[C@@]3(C)C[C@@H]2CC(C)(C)C3)c1. The zero-order valence-electron chi connectivity index (χ0n) is 20.4. The standard InChI is InChI=1S/C27H35N3O3/c1-18(2)29-14-21(24(32)28-13-19-9-7-6-8-10-19)23(31)22(15-29)25(33)30-17-27(5)12-20(30)11-26(3,4)16-27/h6-10,14-15,18,20H,11-13,16-17H2,1-5H3,(H,28,32)/t20-,27-/m0/s1. The Kier molecular flexibility index (Phi) is 5.97. The number of nitrogens with one attached hydrogen (secondary N) is 1. The lowest BCUT2D eigenvalue weighted by Crippen LogP contribution is -2.41. The molecule has 6 heteroatoms. The highest BCUT2D eigenvalue weighted by Crippen LogP contribution is 2.52. The number of nitrogens with zero attached hydrogens (tertiary/aromatic N) is 2. The lowest BCUT2D eigenvalue weighted by atomic mass is 9.65. The lowest BCUT2D eigenvalue weighted by molar-refractivity contribution is 0.0706. The minimum Gasteiger partial charge on any atom is -0.350 e. The van der Waals surface area contributed by atoms with Crippen molar-refractivity contribution in [3.05, 3.63) is 69.6 Å². The third kappa shape index (κ3) is 4.75. The molecule has 2 atom stereocenters. The molecule has 2 amide bonds. The molecule has 1 aliphatic heterocycles. The highest BCUT2D eigenvalue weighted by atomic mass is 16.2. The van der Waals surface area contributed by atoms with Crippen LogP contribution in [0.15, 0.2) is 47.5 Å². The summed E-state index contributed by atoms with van der Waals surface area (Å²) >= 11 is 0. The van der Waals surface area contributed by atoms with Crippen LogP contribution in [-0.2, 0) is 6.54 Å². The van der Waals surface area contributed by atoms with Crippen molar-refractivity contribution in [2.75, 3.05) is 6.54 Å². The number of amides is 2. The maximum atomic E-state index is 13.7. The average molecular weight is 450 g/mol. The maximum Gasteiger partial charge on any atom is 0.259 e. The summed E-state index contributed by atoms with van der Waals surface area (Å²) in [6.45, 7) is 11.7. The first kappa shape index (κ1) is 23.3. The topological polar surface area (TPSA) is 71.4 Å². The molecule has 33 heavy (non-hydrogen) atoms. The van der Waals surface area contributed by atoms with E-state index in [2.05, 4.69) is 26.1 Å². The summed E-state index contributed by atoms with van der Waals surface area (Å²) in [6, 6.07) is 9.69. The predicted octanol–water partition coefficient (Wildman–Crippen LogP) is 4.40. The summed E-state index contributed by atoms with van der Waals surface area (Å²) in [5.74, 6) is -0.709. The van der Waals surface area contributed by atoms with Crippen LogP contribution in [0.2, 0.25) is 0 Å². The largest absolute Gasteiger partial charge is 0.350 e. The molecule has 6 nitrogen and oxygen atoms in total. The van der Waals surface area contributed by atoms with Crippen LogP contribution in [0.5, 0.6) is 0 Å². The minimum absolute atomic E-state index is 0.00656. The molecule has 1 aliphatic carbocycles. The summed E-state index contributed by atoms with van der Waals surface area (Å²) in [5, 5.41) is 2.83. The van der Waals surface area contributed by atoms with Crippen LogP contribution in [0.25, 0.3) is 0 Å². The zero-order chi connectivity index (χ0) is 24.0. The first-order valence-electron chi connectivity index (χ1n) is 11.9. The molecule has 1 saturated carbocycles. The van der Waals surface area contributed by atoms with Crippen LogP contribution < -0.4 is 10.7 Å². The summed E-state index contributed by atoms with van der Waals surface area (Å²) in [4.78, 5) is 41.9. The Labute approximate surface area is 196 Å². The van der Waals surface area contributed by atoms with E-state index in [0.29, 0.717) is 13.1 Å². The van der Waals surface area contributed by atoms with Gasteiger partial charge in [0, 0.05) is 37.6 Å². The highest BCUT2D eigenvalue weighted by molar-refractivity contribution is 5.99. The number of hydrogen-bond acceptors (Lipinski definition) is 3. The van der Waals surface area contributed by atoms with Gasteiger partial charge < -0.3 is 14.8 Å². The zero-order valence-corrected chi connectivity index (χ0v) is 20.4. The number of aromatic nitrogens is 1. The van der Waals surface area contributed by atoms with E-state index in [1.165, 1.54) is 0 Å². The van der Waals surface area contributed by atoms with Gasteiger partial charge in [-0.1, -0.05) is 51.1 Å². The monoisotopic (exact) mass is 449 g/mol. The first-order valence-corrected chi connectivity index (χ1v) is 11.9. The van der Waals surface area contributed by atoms with Crippen molar-refractivity contribution in [1.29, 1.82) is 0 Å². The van der Waals surface area contributed by atoms with Gasteiger partial charge >= 0.3 is 0 Å². The number of rotatable bonds is 5. The predicted molar refractivity (Wildman–Crippen MR) is 129 cm³/mol. The van der Waals surface area contributed by atoms with Crippen molar-refractivity contribution < 1.29 is 9.59 Å². The van der Waals surface area contributed by atoms with Gasteiger partial charge in [-0.15, -0.1) is 0 Å². The Hall–Kier alpha value is -2.89. The second-order valence-electron chi connectivity index (χ2n) is 11.3. The molecule has 2 heterocycles. The van der Waals surface area contributed by atoms with Gasteiger partial charge in [-0.05, 0) is 49.5 Å². The van der Waals surface area contributed by atoms with E-state index < -0.39 is 11.3 Å². The van der Waals surface area contributed by atoms with E-state index >= 15 is 0 Å². The second kappa shape index (κ2) is 8.47. The smallest absolute Gasteiger partial charge is 0.259 e. The number of pyridine rings is 1. The number of fused-ring (bicyclic) bond motifs is 2. The fourth-order valence-electron chi connectivity index (χ4n) is 5.94. The van der Waals surface area contributed by atoms with Gasteiger partial charge in [0.2, 0.25) is 5.43 Å². The molecule has 4 rings (SSSR count). The van der Waals surface area contributed by atoms with Gasteiger partial charge in [-0.25, -0.2) is 0 Å². The van der Waals surface area contributed by atoms with Gasteiger partial charge in [0.15, 0.2) is 0 Å². The van der Waals surface area contributed by atoms with Crippen LogP contribution in [-0.4, -0.2) is 33.9 Å². The Morgan fingerprint density at radius 3 is 2.39 bits per heavy atom. The molecule has 1 aromatic carbocycles. The quantitative estimate of drug-likeness (QED) is 0.735. The van der Waals surface area contributed by atoms with E-state index in [4.69, 9.17) is 0 Å².